The average molecular weight is 372 g/mol. The monoisotopic (exact) mass is 372 g/mol. The van der Waals surface area contributed by atoms with Crippen molar-refractivity contribution in [1.82, 2.24) is 4.98 Å². The van der Waals surface area contributed by atoms with Crippen LogP contribution in [0.4, 0.5) is 5.69 Å². The van der Waals surface area contributed by atoms with Gasteiger partial charge in [-0.3, -0.25) is 9.52 Å². The van der Waals surface area contributed by atoms with Crippen molar-refractivity contribution in [2.75, 3.05) is 4.72 Å². The van der Waals surface area contributed by atoms with Crippen LogP contribution in [-0.2, 0) is 10.0 Å². The van der Waals surface area contributed by atoms with Gasteiger partial charge in [-0.05, 0) is 38.1 Å². The Bertz CT molecular complexity index is 1010. The first-order valence-electron chi connectivity index (χ1n) is 7.51. The predicted octanol–water partition coefficient (Wildman–Crippen LogP) is 4.12. The van der Waals surface area contributed by atoms with Crippen LogP contribution in [-0.4, -0.2) is 19.2 Å². The lowest BCUT2D eigenvalue weighted by molar-refractivity contribution is 0.101. The number of nitrogens with one attached hydrogen (secondary N) is 1. The van der Waals surface area contributed by atoms with Crippen molar-refractivity contribution in [2.24, 2.45) is 0 Å². The van der Waals surface area contributed by atoms with Crippen molar-refractivity contribution in [3.8, 4) is 11.3 Å². The van der Waals surface area contributed by atoms with Gasteiger partial charge >= 0.3 is 0 Å². The number of aryl methyl sites for hydroxylation is 1. The zero-order chi connectivity index (χ0) is 18.0. The van der Waals surface area contributed by atoms with Crippen molar-refractivity contribution >= 4 is 32.8 Å². The molecule has 0 unspecified atom stereocenters. The molecule has 0 aliphatic carbocycles. The molecule has 0 fully saturated rings. The Labute approximate surface area is 150 Å². The normalized spacial score (nSPS) is 11.3. The second-order valence-electron chi connectivity index (χ2n) is 5.52. The van der Waals surface area contributed by atoms with E-state index in [0.717, 1.165) is 16.3 Å². The highest BCUT2D eigenvalue weighted by molar-refractivity contribution is 7.92. The first-order chi connectivity index (χ1) is 11.8. The first-order valence-corrected chi connectivity index (χ1v) is 9.88. The quantitative estimate of drug-likeness (QED) is 0.684. The van der Waals surface area contributed by atoms with Crippen molar-refractivity contribution in [1.29, 1.82) is 0 Å². The number of hydrogen-bond donors (Lipinski definition) is 1. The van der Waals surface area contributed by atoms with Crippen molar-refractivity contribution < 1.29 is 13.2 Å². The van der Waals surface area contributed by atoms with E-state index >= 15 is 0 Å². The second kappa shape index (κ2) is 6.78. The molecule has 1 N–H and O–H groups in total. The number of nitrogens with zero attached hydrogens (tertiary/aromatic N) is 1. The maximum atomic E-state index is 12.4. The molecule has 7 heteroatoms. The van der Waals surface area contributed by atoms with E-state index in [0.29, 0.717) is 11.3 Å². The maximum Gasteiger partial charge on any atom is 0.261 e. The Morgan fingerprint density at radius 3 is 2.20 bits per heavy atom. The molecule has 0 atom stereocenters. The number of carbonyl (C=O) groups excluding carboxylic acids is 1. The molecular formula is C18H16N2O3S2. The number of carbonyl (C=O) groups is 1. The van der Waals surface area contributed by atoms with E-state index in [9.17, 15) is 13.2 Å². The summed E-state index contributed by atoms with van der Waals surface area (Å²) in [4.78, 5) is 15.8. The maximum absolute atomic E-state index is 12.4. The van der Waals surface area contributed by atoms with Crippen LogP contribution < -0.4 is 4.72 Å². The summed E-state index contributed by atoms with van der Waals surface area (Å²) in [6.45, 7) is 3.38. The predicted molar refractivity (Wildman–Crippen MR) is 99.5 cm³/mol. The molecule has 1 heterocycles. The third kappa shape index (κ3) is 3.94. The second-order valence-corrected chi connectivity index (χ2v) is 8.26. The molecule has 0 amide bonds. The third-order valence-corrected chi connectivity index (χ3v) is 5.79. The zero-order valence-corrected chi connectivity index (χ0v) is 15.3. The highest BCUT2D eigenvalue weighted by Crippen LogP contribution is 2.24. The molecule has 3 aromatic rings. The van der Waals surface area contributed by atoms with Crippen LogP contribution in [0.5, 0.6) is 0 Å². The minimum atomic E-state index is -3.70. The van der Waals surface area contributed by atoms with E-state index in [1.54, 1.807) is 23.5 Å². The fourth-order valence-corrected chi connectivity index (χ4v) is 3.97. The Morgan fingerprint density at radius 2 is 1.68 bits per heavy atom. The number of anilines is 1. The summed E-state index contributed by atoms with van der Waals surface area (Å²) >= 11 is 1.57. The first kappa shape index (κ1) is 17.3. The van der Waals surface area contributed by atoms with Gasteiger partial charge in [0.15, 0.2) is 5.78 Å². The summed E-state index contributed by atoms with van der Waals surface area (Å²) in [5, 5.41) is 2.94. The van der Waals surface area contributed by atoms with Crippen LogP contribution in [0.1, 0.15) is 22.3 Å². The molecule has 0 saturated heterocycles. The highest BCUT2D eigenvalue weighted by Gasteiger charge is 2.14. The number of thiazole rings is 1. The van der Waals surface area contributed by atoms with E-state index in [1.165, 1.54) is 31.2 Å². The van der Waals surface area contributed by atoms with Gasteiger partial charge in [0.1, 0.15) is 0 Å². The largest absolute Gasteiger partial charge is 0.295 e. The highest BCUT2D eigenvalue weighted by atomic mass is 32.2. The molecule has 3 rings (SSSR count). The van der Waals surface area contributed by atoms with E-state index < -0.39 is 10.0 Å². The number of hydrogen-bond acceptors (Lipinski definition) is 5. The SMILES string of the molecule is CC(=O)c1ccc(S(=O)(=O)Nc2ccc(-c3csc(C)n3)cc2)cc1. The van der Waals surface area contributed by atoms with E-state index in [4.69, 9.17) is 0 Å². The third-order valence-electron chi connectivity index (χ3n) is 3.62. The molecule has 2 aromatic carbocycles. The van der Waals surface area contributed by atoms with Gasteiger partial charge in [-0.15, -0.1) is 11.3 Å². The molecule has 0 saturated carbocycles. The van der Waals surface area contributed by atoms with E-state index in [1.807, 2.05) is 24.4 Å². The number of Topliss-reactive ketones (excluding diaryl/α,β-unsaturated/α-hetero) is 1. The Kier molecular flexibility index (Phi) is 4.69. The Hall–Kier alpha value is -2.51. The van der Waals surface area contributed by atoms with Crippen LogP contribution in [0, 0.1) is 6.92 Å². The summed E-state index contributed by atoms with van der Waals surface area (Å²) in [7, 11) is -3.70. The molecule has 0 aliphatic heterocycles. The Morgan fingerprint density at radius 1 is 1.04 bits per heavy atom. The number of sulfonamides is 1. The summed E-state index contributed by atoms with van der Waals surface area (Å²) in [6.07, 6.45) is 0. The van der Waals surface area contributed by atoms with Gasteiger partial charge in [0, 0.05) is 22.2 Å². The van der Waals surface area contributed by atoms with Gasteiger partial charge < -0.3 is 0 Å². The molecule has 0 bridgehead atoms. The molecule has 128 valence electrons. The number of benzene rings is 2. The fourth-order valence-electron chi connectivity index (χ4n) is 2.29. The van der Waals surface area contributed by atoms with Gasteiger partial charge in [0.05, 0.1) is 15.6 Å². The number of ketones is 1. The number of rotatable bonds is 5. The van der Waals surface area contributed by atoms with E-state index in [2.05, 4.69) is 9.71 Å². The van der Waals surface area contributed by atoms with Crippen LogP contribution in [0.2, 0.25) is 0 Å². The molecule has 5 nitrogen and oxygen atoms in total. The summed E-state index contributed by atoms with van der Waals surface area (Å²) in [6, 6.07) is 12.9. The molecule has 1 aromatic heterocycles. The molecule has 0 aliphatic rings. The van der Waals surface area contributed by atoms with Gasteiger partial charge in [0.2, 0.25) is 0 Å². The lowest BCUT2D eigenvalue weighted by Gasteiger charge is -2.09. The molecular weight excluding hydrogens is 356 g/mol. The van der Waals surface area contributed by atoms with Gasteiger partial charge in [-0.1, -0.05) is 24.3 Å². The molecule has 0 radical (unpaired) electrons. The lowest BCUT2D eigenvalue weighted by atomic mass is 10.1. The lowest BCUT2D eigenvalue weighted by Crippen LogP contribution is -2.13. The molecule has 0 spiro atoms. The fraction of sp³-hybridized carbons (Fsp3) is 0.111. The van der Waals surface area contributed by atoms with Crippen LogP contribution >= 0.6 is 11.3 Å². The average Bonchev–Trinajstić information content (AvgIpc) is 3.02. The topological polar surface area (TPSA) is 76.1 Å². The summed E-state index contributed by atoms with van der Waals surface area (Å²) in [5.41, 5.74) is 2.74. The van der Waals surface area contributed by atoms with Gasteiger partial charge in [0.25, 0.3) is 10.0 Å². The van der Waals surface area contributed by atoms with Crippen molar-refractivity contribution in [3.05, 3.63) is 64.5 Å². The zero-order valence-electron chi connectivity index (χ0n) is 13.7. The van der Waals surface area contributed by atoms with E-state index in [-0.39, 0.29) is 10.7 Å². The van der Waals surface area contributed by atoms with Gasteiger partial charge in [-0.25, -0.2) is 13.4 Å². The molecule has 25 heavy (non-hydrogen) atoms. The van der Waals surface area contributed by atoms with Crippen molar-refractivity contribution in [2.45, 2.75) is 18.7 Å². The minimum Gasteiger partial charge on any atom is -0.295 e. The van der Waals surface area contributed by atoms with Gasteiger partial charge in [-0.2, -0.15) is 0 Å². The summed E-state index contributed by atoms with van der Waals surface area (Å²) in [5.74, 6) is -0.107. The van der Waals surface area contributed by atoms with Crippen LogP contribution in [0.25, 0.3) is 11.3 Å². The standard InChI is InChI=1S/C18H16N2O3S2/c1-12(21)14-5-9-17(10-6-14)25(22,23)20-16-7-3-15(4-8-16)18-11-24-13(2)19-18/h3-11,20H,1-2H3. The minimum absolute atomic E-state index is 0.107. The Balaban J connectivity index is 1.79. The van der Waals surface area contributed by atoms with Crippen molar-refractivity contribution in [3.63, 3.8) is 0 Å². The van der Waals surface area contributed by atoms with Crippen LogP contribution in [0.15, 0.2) is 58.8 Å². The number of aromatic nitrogens is 1. The van der Waals surface area contributed by atoms with Crippen LogP contribution in [0.3, 0.4) is 0 Å². The summed E-state index contributed by atoms with van der Waals surface area (Å²) < 4.78 is 27.4. The smallest absolute Gasteiger partial charge is 0.261 e.